The SMILES string of the molecule is CCC(=O)N1CC[C@@H](C(N)=O)C1. The van der Waals surface area contributed by atoms with Crippen LogP contribution in [0.3, 0.4) is 0 Å². The quantitative estimate of drug-likeness (QED) is 0.620. The Kier molecular flexibility index (Phi) is 2.68. The van der Waals surface area contributed by atoms with Crippen molar-refractivity contribution in [3.63, 3.8) is 0 Å². The number of nitrogens with zero attached hydrogens (tertiary/aromatic N) is 1. The number of hydrogen-bond acceptors (Lipinski definition) is 2. The van der Waals surface area contributed by atoms with Gasteiger partial charge in [0.25, 0.3) is 0 Å². The maximum atomic E-state index is 11.2. The fourth-order valence-corrected chi connectivity index (χ4v) is 1.44. The van der Waals surface area contributed by atoms with Gasteiger partial charge in [0.1, 0.15) is 0 Å². The topological polar surface area (TPSA) is 63.4 Å². The third kappa shape index (κ3) is 1.75. The highest BCUT2D eigenvalue weighted by Gasteiger charge is 2.28. The Labute approximate surface area is 71.7 Å². The molecule has 0 aromatic heterocycles. The molecule has 1 rings (SSSR count). The smallest absolute Gasteiger partial charge is 0.222 e. The summed E-state index contributed by atoms with van der Waals surface area (Å²) < 4.78 is 0. The van der Waals surface area contributed by atoms with Crippen molar-refractivity contribution in [1.29, 1.82) is 0 Å². The first-order valence-corrected chi connectivity index (χ1v) is 4.22. The summed E-state index contributed by atoms with van der Waals surface area (Å²) in [7, 11) is 0. The van der Waals surface area contributed by atoms with Crippen LogP contribution in [-0.2, 0) is 9.59 Å². The summed E-state index contributed by atoms with van der Waals surface area (Å²) in [5.74, 6) is -0.305. The average molecular weight is 170 g/mol. The Morgan fingerprint density at radius 1 is 1.58 bits per heavy atom. The predicted octanol–water partition coefficient (Wildman–Crippen LogP) is -0.270. The summed E-state index contributed by atoms with van der Waals surface area (Å²) in [5.41, 5.74) is 5.12. The molecule has 0 saturated carbocycles. The molecule has 0 unspecified atom stereocenters. The van der Waals surface area contributed by atoms with Gasteiger partial charge in [-0.05, 0) is 6.42 Å². The number of nitrogens with two attached hydrogens (primary N) is 1. The molecule has 0 aliphatic carbocycles. The zero-order valence-corrected chi connectivity index (χ0v) is 7.25. The van der Waals surface area contributed by atoms with Crippen LogP contribution in [-0.4, -0.2) is 29.8 Å². The number of carbonyl (C=O) groups is 2. The highest BCUT2D eigenvalue weighted by Crippen LogP contribution is 2.15. The fourth-order valence-electron chi connectivity index (χ4n) is 1.44. The molecule has 2 amide bonds. The van der Waals surface area contributed by atoms with Gasteiger partial charge in [-0.2, -0.15) is 0 Å². The molecule has 4 heteroatoms. The van der Waals surface area contributed by atoms with Crippen LogP contribution in [0.25, 0.3) is 0 Å². The van der Waals surface area contributed by atoms with E-state index in [0.29, 0.717) is 19.5 Å². The first kappa shape index (κ1) is 9.03. The number of hydrogen-bond donors (Lipinski definition) is 1. The van der Waals surface area contributed by atoms with Crippen LogP contribution in [0.4, 0.5) is 0 Å². The van der Waals surface area contributed by atoms with Gasteiger partial charge in [0.15, 0.2) is 0 Å². The lowest BCUT2D eigenvalue weighted by Gasteiger charge is -2.13. The van der Waals surface area contributed by atoms with E-state index in [1.807, 2.05) is 6.92 Å². The van der Waals surface area contributed by atoms with E-state index >= 15 is 0 Å². The fraction of sp³-hybridized carbons (Fsp3) is 0.750. The minimum absolute atomic E-state index is 0.110. The number of amides is 2. The number of likely N-dealkylation sites (tertiary alicyclic amines) is 1. The van der Waals surface area contributed by atoms with E-state index in [-0.39, 0.29) is 17.7 Å². The summed E-state index contributed by atoms with van der Waals surface area (Å²) in [6, 6.07) is 0. The number of carbonyl (C=O) groups excluding carboxylic acids is 2. The summed E-state index contributed by atoms with van der Waals surface area (Å²) in [6.45, 7) is 3.02. The van der Waals surface area contributed by atoms with E-state index < -0.39 is 0 Å². The summed E-state index contributed by atoms with van der Waals surface area (Å²) in [6.07, 6.45) is 1.23. The minimum Gasteiger partial charge on any atom is -0.369 e. The molecule has 0 aromatic carbocycles. The molecular formula is C8H14N2O2. The first-order valence-electron chi connectivity index (χ1n) is 4.22. The molecule has 68 valence electrons. The van der Waals surface area contributed by atoms with Gasteiger partial charge in [0.2, 0.25) is 11.8 Å². The van der Waals surface area contributed by atoms with Crippen molar-refractivity contribution in [2.24, 2.45) is 11.7 Å². The van der Waals surface area contributed by atoms with E-state index in [9.17, 15) is 9.59 Å². The lowest BCUT2D eigenvalue weighted by atomic mass is 10.1. The maximum Gasteiger partial charge on any atom is 0.222 e. The molecule has 0 radical (unpaired) electrons. The normalized spacial score (nSPS) is 22.8. The Bertz CT molecular complexity index is 203. The van der Waals surface area contributed by atoms with E-state index in [2.05, 4.69) is 0 Å². The van der Waals surface area contributed by atoms with E-state index in [0.717, 1.165) is 6.42 Å². The Hall–Kier alpha value is -1.06. The van der Waals surface area contributed by atoms with Crippen molar-refractivity contribution in [3.8, 4) is 0 Å². The largest absolute Gasteiger partial charge is 0.369 e. The van der Waals surface area contributed by atoms with Crippen LogP contribution in [0.1, 0.15) is 19.8 Å². The van der Waals surface area contributed by atoms with Crippen LogP contribution >= 0.6 is 0 Å². The van der Waals surface area contributed by atoms with Crippen molar-refractivity contribution in [1.82, 2.24) is 4.90 Å². The van der Waals surface area contributed by atoms with Crippen LogP contribution in [0.2, 0.25) is 0 Å². The van der Waals surface area contributed by atoms with Crippen molar-refractivity contribution in [3.05, 3.63) is 0 Å². The third-order valence-electron chi connectivity index (χ3n) is 2.25. The van der Waals surface area contributed by atoms with Gasteiger partial charge in [-0.25, -0.2) is 0 Å². The monoisotopic (exact) mass is 170 g/mol. The van der Waals surface area contributed by atoms with Crippen LogP contribution in [0.5, 0.6) is 0 Å². The third-order valence-corrected chi connectivity index (χ3v) is 2.25. The molecule has 0 aromatic rings. The summed E-state index contributed by atoms with van der Waals surface area (Å²) in [5, 5.41) is 0. The van der Waals surface area contributed by atoms with Gasteiger partial charge < -0.3 is 10.6 Å². The molecule has 1 fully saturated rings. The molecule has 12 heavy (non-hydrogen) atoms. The zero-order chi connectivity index (χ0) is 9.14. The van der Waals surface area contributed by atoms with E-state index in [1.165, 1.54) is 0 Å². The minimum atomic E-state index is -0.290. The van der Waals surface area contributed by atoms with Crippen LogP contribution in [0, 0.1) is 5.92 Å². The number of primary amides is 1. The van der Waals surface area contributed by atoms with Crippen molar-refractivity contribution in [2.75, 3.05) is 13.1 Å². The van der Waals surface area contributed by atoms with Gasteiger partial charge in [0.05, 0.1) is 5.92 Å². The molecule has 2 N–H and O–H groups in total. The predicted molar refractivity (Wildman–Crippen MR) is 44.2 cm³/mol. The summed E-state index contributed by atoms with van der Waals surface area (Å²) >= 11 is 0. The molecule has 0 spiro atoms. The lowest BCUT2D eigenvalue weighted by molar-refractivity contribution is -0.130. The van der Waals surface area contributed by atoms with Crippen LogP contribution in [0.15, 0.2) is 0 Å². The average Bonchev–Trinajstić information content (AvgIpc) is 2.51. The van der Waals surface area contributed by atoms with Gasteiger partial charge >= 0.3 is 0 Å². The highest BCUT2D eigenvalue weighted by molar-refractivity contribution is 5.80. The Balaban J connectivity index is 2.45. The Morgan fingerprint density at radius 3 is 2.67 bits per heavy atom. The van der Waals surface area contributed by atoms with Gasteiger partial charge in [0, 0.05) is 19.5 Å². The molecule has 1 aliphatic heterocycles. The molecule has 1 aliphatic rings. The lowest BCUT2D eigenvalue weighted by Crippen LogP contribution is -2.31. The number of rotatable bonds is 2. The zero-order valence-electron chi connectivity index (χ0n) is 7.25. The maximum absolute atomic E-state index is 11.2. The second kappa shape index (κ2) is 3.56. The van der Waals surface area contributed by atoms with Crippen molar-refractivity contribution < 1.29 is 9.59 Å². The van der Waals surface area contributed by atoms with Crippen LogP contribution < -0.4 is 5.73 Å². The second-order valence-corrected chi connectivity index (χ2v) is 3.08. The van der Waals surface area contributed by atoms with Crippen molar-refractivity contribution >= 4 is 11.8 Å². The molecule has 1 atom stereocenters. The highest BCUT2D eigenvalue weighted by atomic mass is 16.2. The van der Waals surface area contributed by atoms with Gasteiger partial charge in [-0.3, -0.25) is 9.59 Å². The van der Waals surface area contributed by atoms with Gasteiger partial charge in [-0.1, -0.05) is 6.92 Å². The molecular weight excluding hydrogens is 156 g/mol. The summed E-state index contributed by atoms with van der Waals surface area (Å²) in [4.78, 5) is 23.6. The van der Waals surface area contributed by atoms with Crippen molar-refractivity contribution in [2.45, 2.75) is 19.8 Å². The first-order chi connectivity index (χ1) is 5.65. The van der Waals surface area contributed by atoms with Gasteiger partial charge in [-0.15, -0.1) is 0 Å². The van der Waals surface area contributed by atoms with E-state index in [4.69, 9.17) is 5.73 Å². The molecule has 4 nitrogen and oxygen atoms in total. The Morgan fingerprint density at radius 2 is 2.25 bits per heavy atom. The molecule has 1 heterocycles. The standard InChI is InChI=1S/C8H14N2O2/c1-2-7(11)10-4-3-6(5-10)8(9)12/h6H,2-5H2,1H3,(H2,9,12)/t6-/m1/s1. The van der Waals surface area contributed by atoms with E-state index in [1.54, 1.807) is 4.90 Å². The molecule has 1 saturated heterocycles. The second-order valence-electron chi connectivity index (χ2n) is 3.08. The molecule has 0 bridgehead atoms.